The van der Waals surface area contributed by atoms with Crippen molar-refractivity contribution in [2.45, 2.75) is 0 Å². The molecule has 0 aliphatic rings. The Kier molecular flexibility index (Phi) is 2.56. The van der Waals surface area contributed by atoms with E-state index < -0.39 is 0 Å². The van der Waals surface area contributed by atoms with E-state index >= 15 is 0 Å². The third-order valence-corrected chi connectivity index (χ3v) is 4.22. The maximum absolute atomic E-state index is 4.32. The van der Waals surface area contributed by atoms with E-state index in [-0.39, 0.29) is 0 Å². The lowest BCUT2D eigenvalue weighted by atomic mass is 10.1. The molecule has 1 aromatic carbocycles. The summed E-state index contributed by atoms with van der Waals surface area (Å²) in [7, 11) is 0. The van der Waals surface area contributed by atoms with Gasteiger partial charge in [-0.1, -0.05) is 30.3 Å². The van der Waals surface area contributed by atoms with Crippen LogP contribution in [-0.4, -0.2) is 4.98 Å². The summed E-state index contributed by atoms with van der Waals surface area (Å²) in [4.78, 5) is 5.57. The summed E-state index contributed by atoms with van der Waals surface area (Å²) < 4.78 is 0. The second-order valence-electron chi connectivity index (χ2n) is 3.40. The van der Waals surface area contributed by atoms with Gasteiger partial charge < -0.3 is 0 Å². The van der Waals surface area contributed by atoms with Crippen molar-refractivity contribution in [2.75, 3.05) is 0 Å². The Labute approximate surface area is 102 Å². The molecule has 0 aliphatic carbocycles. The maximum Gasteiger partial charge on any atom is 0.133 e. The quantitative estimate of drug-likeness (QED) is 0.644. The summed E-state index contributed by atoms with van der Waals surface area (Å²) in [6.45, 7) is 0. The zero-order valence-electron chi connectivity index (χ0n) is 8.46. The fourth-order valence-electron chi connectivity index (χ4n) is 1.58. The molecule has 0 radical (unpaired) electrons. The molecule has 2 heterocycles. The minimum Gasteiger partial charge on any atom is -0.244 e. The topological polar surface area (TPSA) is 12.9 Å². The highest BCUT2D eigenvalue weighted by Gasteiger charge is 2.05. The lowest BCUT2D eigenvalue weighted by molar-refractivity contribution is 1.43. The normalized spacial score (nSPS) is 10.5. The van der Waals surface area contributed by atoms with Crippen LogP contribution in [0.15, 0.2) is 53.4 Å². The third kappa shape index (κ3) is 1.79. The van der Waals surface area contributed by atoms with Crippen LogP contribution in [0.25, 0.3) is 21.0 Å². The van der Waals surface area contributed by atoms with Gasteiger partial charge in [-0.3, -0.25) is 0 Å². The molecule has 0 bridgehead atoms. The number of nitrogens with zero attached hydrogens (tertiary/aromatic N) is 1. The summed E-state index contributed by atoms with van der Waals surface area (Å²) in [6, 6.07) is 12.6. The fraction of sp³-hybridized carbons (Fsp3) is 0. The number of benzene rings is 1. The SMILES string of the molecule is c1ccc(-c2csc(-c3nccs3)c2)cc1. The van der Waals surface area contributed by atoms with Crippen LogP contribution in [0.1, 0.15) is 0 Å². The van der Waals surface area contributed by atoms with Crippen molar-refractivity contribution >= 4 is 22.7 Å². The summed E-state index contributed by atoms with van der Waals surface area (Å²) in [5.41, 5.74) is 2.54. The van der Waals surface area contributed by atoms with Gasteiger partial charge in [-0.2, -0.15) is 0 Å². The molecule has 0 N–H and O–H groups in total. The standard InChI is InChI=1S/C13H9NS2/c1-2-4-10(5-3-1)11-8-12(16-9-11)13-14-6-7-15-13/h1-9H. The second-order valence-corrected chi connectivity index (χ2v) is 5.21. The van der Waals surface area contributed by atoms with Crippen LogP contribution in [0.3, 0.4) is 0 Å². The van der Waals surface area contributed by atoms with Gasteiger partial charge in [0.15, 0.2) is 0 Å². The van der Waals surface area contributed by atoms with Gasteiger partial charge in [0.05, 0.1) is 4.88 Å². The average molecular weight is 243 g/mol. The first-order valence-electron chi connectivity index (χ1n) is 4.97. The van der Waals surface area contributed by atoms with Gasteiger partial charge in [0.2, 0.25) is 0 Å². The smallest absolute Gasteiger partial charge is 0.133 e. The number of thiazole rings is 1. The van der Waals surface area contributed by atoms with Crippen molar-refractivity contribution in [3.05, 3.63) is 53.4 Å². The Morgan fingerprint density at radius 2 is 1.81 bits per heavy atom. The Balaban J connectivity index is 2.00. The van der Waals surface area contributed by atoms with Crippen molar-refractivity contribution in [3.63, 3.8) is 0 Å². The van der Waals surface area contributed by atoms with Gasteiger partial charge in [-0.05, 0) is 22.6 Å². The van der Waals surface area contributed by atoms with E-state index in [1.807, 2.05) is 17.6 Å². The van der Waals surface area contributed by atoms with Crippen LogP contribution in [0.5, 0.6) is 0 Å². The molecule has 0 amide bonds. The van der Waals surface area contributed by atoms with Crippen LogP contribution >= 0.6 is 22.7 Å². The minimum absolute atomic E-state index is 1.10. The average Bonchev–Trinajstić information content (AvgIpc) is 3.01. The molecule has 78 valence electrons. The zero-order chi connectivity index (χ0) is 10.8. The van der Waals surface area contributed by atoms with Crippen LogP contribution < -0.4 is 0 Å². The van der Waals surface area contributed by atoms with E-state index in [1.54, 1.807) is 22.7 Å². The van der Waals surface area contributed by atoms with E-state index in [4.69, 9.17) is 0 Å². The Morgan fingerprint density at radius 3 is 2.56 bits per heavy atom. The number of hydrogen-bond donors (Lipinski definition) is 0. The molecule has 3 heteroatoms. The minimum atomic E-state index is 1.10. The van der Waals surface area contributed by atoms with Gasteiger partial charge in [-0.25, -0.2) is 4.98 Å². The molecular formula is C13H9NS2. The monoisotopic (exact) mass is 243 g/mol. The molecule has 0 atom stereocenters. The molecule has 0 spiro atoms. The molecule has 3 aromatic rings. The number of hydrogen-bond acceptors (Lipinski definition) is 3. The summed E-state index contributed by atoms with van der Waals surface area (Å²) in [6.07, 6.45) is 1.85. The highest BCUT2D eigenvalue weighted by molar-refractivity contribution is 7.20. The lowest BCUT2D eigenvalue weighted by Crippen LogP contribution is -1.71. The predicted octanol–water partition coefficient (Wildman–Crippen LogP) is 4.54. The fourth-order valence-corrected chi connectivity index (χ4v) is 3.22. The number of thiophene rings is 1. The van der Waals surface area contributed by atoms with E-state index in [0.717, 1.165) is 5.01 Å². The van der Waals surface area contributed by atoms with E-state index in [0.29, 0.717) is 0 Å². The first-order valence-corrected chi connectivity index (χ1v) is 6.73. The van der Waals surface area contributed by atoms with Crippen molar-refractivity contribution in [3.8, 4) is 21.0 Å². The van der Waals surface area contributed by atoms with E-state index in [1.165, 1.54) is 16.0 Å². The lowest BCUT2D eigenvalue weighted by Gasteiger charge is -1.94. The third-order valence-electron chi connectivity index (χ3n) is 2.35. The number of aromatic nitrogens is 1. The van der Waals surface area contributed by atoms with Gasteiger partial charge in [-0.15, -0.1) is 22.7 Å². The number of rotatable bonds is 2. The molecule has 0 aliphatic heterocycles. The summed E-state index contributed by atoms with van der Waals surface area (Å²) in [5.74, 6) is 0. The molecule has 16 heavy (non-hydrogen) atoms. The van der Waals surface area contributed by atoms with Gasteiger partial charge in [0.1, 0.15) is 5.01 Å². The summed E-state index contributed by atoms with van der Waals surface area (Å²) >= 11 is 3.43. The summed E-state index contributed by atoms with van der Waals surface area (Å²) in [5, 5.41) is 5.30. The molecule has 1 nitrogen and oxygen atoms in total. The van der Waals surface area contributed by atoms with Crippen molar-refractivity contribution in [2.24, 2.45) is 0 Å². The van der Waals surface area contributed by atoms with Crippen molar-refractivity contribution in [1.82, 2.24) is 4.98 Å². The molecule has 0 unspecified atom stereocenters. The van der Waals surface area contributed by atoms with Crippen molar-refractivity contribution < 1.29 is 0 Å². The molecule has 0 saturated heterocycles. The first-order chi connectivity index (χ1) is 7.93. The van der Waals surface area contributed by atoms with Crippen molar-refractivity contribution in [1.29, 1.82) is 0 Å². The highest BCUT2D eigenvalue weighted by atomic mass is 32.1. The Bertz CT molecular complexity index is 567. The maximum atomic E-state index is 4.32. The van der Waals surface area contributed by atoms with E-state index in [9.17, 15) is 0 Å². The Hall–Kier alpha value is -1.45. The van der Waals surface area contributed by atoms with Gasteiger partial charge in [0.25, 0.3) is 0 Å². The Morgan fingerprint density at radius 1 is 0.938 bits per heavy atom. The van der Waals surface area contributed by atoms with Crippen LogP contribution in [-0.2, 0) is 0 Å². The highest BCUT2D eigenvalue weighted by Crippen LogP contribution is 2.33. The molecule has 3 rings (SSSR count). The van der Waals surface area contributed by atoms with E-state index in [2.05, 4.69) is 40.7 Å². The second kappa shape index (κ2) is 4.20. The van der Waals surface area contributed by atoms with Gasteiger partial charge in [0, 0.05) is 11.6 Å². The largest absolute Gasteiger partial charge is 0.244 e. The molecule has 0 saturated carbocycles. The van der Waals surface area contributed by atoms with Crippen LogP contribution in [0, 0.1) is 0 Å². The molecule has 0 fully saturated rings. The molecule has 2 aromatic heterocycles. The first kappa shape index (κ1) is 9.75. The van der Waals surface area contributed by atoms with Crippen LogP contribution in [0.2, 0.25) is 0 Å². The molecular weight excluding hydrogens is 234 g/mol. The van der Waals surface area contributed by atoms with Gasteiger partial charge >= 0.3 is 0 Å². The van der Waals surface area contributed by atoms with Crippen LogP contribution in [0.4, 0.5) is 0 Å². The predicted molar refractivity (Wildman–Crippen MR) is 70.9 cm³/mol. The zero-order valence-corrected chi connectivity index (χ0v) is 10.1.